The van der Waals surface area contributed by atoms with Crippen molar-refractivity contribution in [1.29, 1.82) is 0 Å². The maximum Gasteiger partial charge on any atom is 0.244 e. The molecule has 2 heterocycles. The van der Waals surface area contributed by atoms with Crippen LogP contribution in [0.4, 0.5) is 0 Å². The number of nitrogens with one attached hydrogen (secondary N) is 2. The summed E-state index contributed by atoms with van der Waals surface area (Å²) in [7, 11) is -3.76. The molecule has 0 aliphatic rings. The van der Waals surface area contributed by atoms with E-state index < -0.39 is 16.6 Å². The summed E-state index contributed by atoms with van der Waals surface area (Å²) in [6.45, 7) is 5.12. The van der Waals surface area contributed by atoms with Crippen molar-refractivity contribution in [2.24, 2.45) is 5.92 Å². The molecule has 0 amide bonds. The Morgan fingerprint density at radius 1 is 1.48 bits per heavy atom. The lowest BCUT2D eigenvalue weighted by atomic mass is 10.0. The highest BCUT2D eigenvalue weighted by Gasteiger charge is 2.29. The van der Waals surface area contributed by atoms with Crippen LogP contribution in [-0.4, -0.2) is 23.7 Å². The molecule has 0 aromatic carbocycles. The predicted molar refractivity (Wildman–Crippen MR) is 81.5 cm³/mol. The third-order valence-corrected chi connectivity index (χ3v) is 5.78. The van der Waals surface area contributed by atoms with Gasteiger partial charge in [-0.1, -0.05) is 19.9 Å². The minimum Gasteiger partial charge on any atom is -0.390 e. The fourth-order valence-electron chi connectivity index (χ4n) is 2.15. The van der Waals surface area contributed by atoms with Gasteiger partial charge in [0.1, 0.15) is 10.6 Å². The van der Waals surface area contributed by atoms with Crippen molar-refractivity contribution in [2.45, 2.75) is 38.3 Å². The van der Waals surface area contributed by atoms with Crippen molar-refractivity contribution < 1.29 is 13.5 Å². The minimum absolute atomic E-state index is 0.0345. The maximum atomic E-state index is 12.6. The quantitative estimate of drug-likeness (QED) is 0.755. The normalized spacial score (nSPS) is 13.8. The summed E-state index contributed by atoms with van der Waals surface area (Å²) in [6.07, 6.45) is 0. The SMILES string of the molecule is Cc1[nH]nc(CO)c1S(=O)(=O)NC(c1cccs1)C(C)C. The summed E-state index contributed by atoms with van der Waals surface area (Å²) in [5.41, 5.74) is 0.550. The monoisotopic (exact) mass is 329 g/mol. The molecule has 1 atom stereocenters. The molecule has 0 bridgehead atoms. The Kier molecular flexibility index (Phi) is 4.82. The molecule has 2 aromatic rings. The Balaban J connectivity index is 2.38. The van der Waals surface area contributed by atoms with Gasteiger partial charge in [-0.15, -0.1) is 11.3 Å². The first-order chi connectivity index (χ1) is 9.86. The zero-order valence-electron chi connectivity index (χ0n) is 12.1. The van der Waals surface area contributed by atoms with Crippen molar-refractivity contribution in [2.75, 3.05) is 0 Å². The zero-order valence-corrected chi connectivity index (χ0v) is 13.8. The van der Waals surface area contributed by atoms with E-state index >= 15 is 0 Å². The largest absolute Gasteiger partial charge is 0.390 e. The molecule has 21 heavy (non-hydrogen) atoms. The summed E-state index contributed by atoms with van der Waals surface area (Å²) in [4.78, 5) is 0.993. The number of thiophene rings is 1. The molecule has 0 fully saturated rings. The molecule has 0 radical (unpaired) electrons. The van der Waals surface area contributed by atoms with E-state index in [0.717, 1.165) is 4.88 Å². The molecule has 0 saturated carbocycles. The lowest BCUT2D eigenvalue weighted by molar-refractivity contribution is 0.273. The number of aromatic amines is 1. The minimum atomic E-state index is -3.76. The molecule has 0 aliphatic heterocycles. The van der Waals surface area contributed by atoms with Crippen molar-refractivity contribution in [3.63, 3.8) is 0 Å². The lowest BCUT2D eigenvalue weighted by Gasteiger charge is -2.21. The van der Waals surface area contributed by atoms with Crippen LogP contribution >= 0.6 is 11.3 Å². The molecule has 2 aromatic heterocycles. The van der Waals surface area contributed by atoms with E-state index in [9.17, 15) is 13.5 Å². The van der Waals surface area contributed by atoms with Gasteiger partial charge in [-0.2, -0.15) is 5.10 Å². The van der Waals surface area contributed by atoms with Crippen LogP contribution in [0, 0.1) is 12.8 Å². The Morgan fingerprint density at radius 2 is 2.19 bits per heavy atom. The second kappa shape index (κ2) is 6.27. The van der Waals surface area contributed by atoms with Gasteiger partial charge in [0.25, 0.3) is 0 Å². The van der Waals surface area contributed by atoms with Gasteiger partial charge in [0.2, 0.25) is 10.0 Å². The van der Waals surface area contributed by atoms with Crippen LogP contribution < -0.4 is 4.72 Å². The number of rotatable bonds is 6. The summed E-state index contributed by atoms with van der Waals surface area (Å²) in [5.74, 6) is 0.100. The number of aromatic nitrogens is 2. The molecule has 6 nitrogen and oxygen atoms in total. The Bertz CT molecular complexity index is 690. The van der Waals surface area contributed by atoms with Gasteiger partial charge in [-0.05, 0) is 24.3 Å². The fraction of sp³-hybridized carbons (Fsp3) is 0.462. The molecule has 0 spiro atoms. The van der Waals surface area contributed by atoms with E-state index in [4.69, 9.17) is 0 Å². The smallest absolute Gasteiger partial charge is 0.244 e. The number of hydrogen-bond donors (Lipinski definition) is 3. The Morgan fingerprint density at radius 3 is 2.71 bits per heavy atom. The molecular formula is C13H19N3O3S2. The van der Waals surface area contributed by atoms with Crippen LogP contribution in [0.1, 0.15) is 36.2 Å². The molecule has 3 N–H and O–H groups in total. The van der Waals surface area contributed by atoms with E-state index in [1.54, 1.807) is 6.92 Å². The van der Waals surface area contributed by atoms with E-state index in [-0.39, 0.29) is 22.5 Å². The van der Waals surface area contributed by atoms with Gasteiger partial charge in [-0.25, -0.2) is 13.1 Å². The highest BCUT2D eigenvalue weighted by molar-refractivity contribution is 7.89. The molecule has 0 aliphatic carbocycles. The van der Waals surface area contributed by atoms with E-state index in [1.807, 2.05) is 31.4 Å². The maximum absolute atomic E-state index is 12.6. The van der Waals surface area contributed by atoms with Crippen LogP contribution in [0.2, 0.25) is 0 Å². The van der Waals surface area contributed by atoms with Gasteiger partial charge < -0.3 is 5.11 Å². The third-order valence-electron chi connectivity index (χ3n) is 3.18. The van der Waals surface area contributed by atoms with Crippen LogP contribution in [0.3, 0.4) is 0 Å². The summed E-state index contributed by atoms with van der Waals surface area (Å²) >= 11 is 1.51. The number of aliphatic hydroxyl groups is 1. The topological polar surface area (TPSA) is 95.1 Å². The number of nitrogens with zero attached hydrogens (tertiary/aromatic N) is 1. The van der Waals surface area contributed by atoms with Crippen molar-refractivity contribution in [1.82, 2.24) is 14.9 Å². The molecule has 116 valence electrons. The van der Waals surface area contributed by atoms with Gasteiger partial charge in [0, 0.05) is 4.88 Å². The highest BCUT2D eigenvalue weighted by Crippen LogP contribution is 2.28. The summed E-state index contributed by atoms with van der Waals surface area (Å²) < 4.78 is 28.0. The first-order valence-corrected chi connectivity index (χ1v) is 8.93. The van der Waals surface area contributed by atoms with Crippen molar-refractivity contribution >= 4 is 21.4 Å². The fourth-order valence-corrected chi connectivity index (χ4v) is 4.89. The second-order valence-electron chi connectivity index (χ2n) is 5.14. The Labute approximate surface area is 128 Å². The number of sulfonamides is 1. The molecular weight excluding hydrogens is 310 g/mol. The van der Waals surface area contributed by atoms with E-state index in [2.05, 4.69) is 14.9 Å². The standard InChI is InChI=1S/C13H19N3O3S2/c1-8(2)12(11-5-4-6-20-11)16-21(18,19)13-9(3)14-15-10(13)7-17/h4-6,8,12,16-17H,7H2,1-3H3,(H,14,15). The van der Waals surface area contributed by atoms with Crippen molar-refractivity contribution in [3.8, 4) is 0 Å². The molecule has 8 heteroatoms. The van der Waals surface area contributed by atoms with Gasteiger partial charge in [0.15, 0.2) is 0 Å². The Hall–Kier alpha value is -1.22. The number of H-pyrrole nitrogens is 1. The van der Waals surface area contributed by atoms with Crippen LogP contribution in [0.15, 0.2) is 22.4 Å². The first-order valence-electron chi connectivity index (χ1n) is 6.57. The lowest BCUT2D eigenvalue weighted by Crippen LogP contribution is -2.32. The molecule has 0 saturated heterocycles. The second-order valence-corrected chi connectivity index (χ2v) is 7.77. The number of aliphatic hydroxyl groups excluding tert-OH is 1. The van der Waals surface area contributed by atoms with Gasteiger partial charge >= 0.3 is 0 Å². The van der Waals surface area contributed by atoms with Crippen LogP contribution in [-0.2, 0) is 16.6 Å². The van der Waals surface area contributed by atoms with Gasteiger partial charge in [-0.3, -0.25) is 5.10 Å². The average molecular weight is 329 g/mol. The number of aryl methyl sites for hydroxylation is 1. The van der Waals surface area contributed by atoms with Crippen molar-refractivity contribution in [3.05, 3.63) is 33.8 Å². The van der Waals surface area contributed by atoms with E-state index in [1.165, 1.54) is 11.3 Å². The average Bonchev–Trinajstić information content (AvgIpc) is 3.04. The van der Waals surface area contributed by atoms with Gasteiger partial charge in [0.05, 0.1) is 18.3 Å². The van der Waals surface area contributed by atoms with Crippen LogP contribution in [0.5, 0.6) is 0 Å². The number of hydrogen-bond acceptors (Lipinski definition) is 5. The zero-order chi connectivity index (χ0) is 15.6. The first kappa shape index (κ1) is 16.2. The predicted octanol–water partition coefficient (Wildman–Crippen LogP) is 1.95. The highest BCUT2D eigenvalue weighted by atomic mass is 32.2. The molecule has 2 rings (SSSR count). The molecule has 1 unspecified atom stereocenters. The third kappa shape index (κ3) is 3.34. The van der Waals surface area contributed by atoms with E-state index in [0.29, 0.717) is 5.69 Å². The summed E-state index contributed by atoms with van der Waals surface area (Å²) in [6, 6.07) is 3.50. The summed E-state index contributed by atoms with van der Waals surface area (Å²) in [5, 5.41) is 17.6. The van der Waals surface area contributed by atoms with Crippen LogP contribution in [0.25, 0.3) is 0 Å².